The smallest absolute Gasteiger partial charge is 0.261 e. The predicted octanol–water partition coefficient (Wildman–Crippen LogP) is 3.37. The Labute approximate surface area is 131 Å². The van der Waals surface area contributed by atoms with Crippen LogP contribution in [0.2, 0.25) is 0 Å². The average molecular weight is 332 g/mol. The fourth-order valence-electron chi connectivity index (χ4n) is 2.06. The van der Waals surface area contributed by atoms with E-state index in [-0.39, 0.29) is 10.8 Å². The molecule has 0 heterocycles. The van der Waals surface area contributed by atoms with Crippen molar-refractivity contribution in [3.63, 3.8) is 0 Å². The first kappa shape index (κ1) is 18.0. The summed E-state index contributed by atoms with van der Waals surface area (Å²) in [5.41, 5.74) is 0.473. The topological polar surface area (TPSA) is 54.5 Å². The quantitative estimate of drug-likeness (QED) is 0.751. The van der Waals surface area contributed by atoms with Crippen molar-refractivity contribution in [3.8, 4) is 0 Å². The minimum absolute atomic E-state index is 0.0000131. The molecule has 0 N–H and O–H groups in total. The van der Waals surface area contributed by atoms with Crippen LogP contribution < -0.4 is 0 Å². The molecule has 118 valence electrons. The van der Waals surface area contributed by atoms with Gasteiger partial charge in [-0.3, -0.25) is 4.79 Å². The van der Waals surface area contributed by atoms with Crippen LogP contribution in [0.3, 0.4) is 0 Å². The average Bonchev–Trinajstić information content (AvgIpc) is 2.35. The van der Waals surface area contributed by atoms with Crippen molar-refractivity contribution in [2.75, 3.05) is 13.1 Å². The molecule has 1 aromatic carbocycles. The number of halogens is 1. The number of carbonyl (C=O) groups excluding carboxylic acids is 1. The molecule has 0 atom stereocenters. The van der Waals surface area contributed by atoms with Crippen molar-refractivity contribution in [2.24, 2.45) is 11.8 Å². The maximum absolute atomic E-state index is 12.5. The van der Waals surface area contributed by atoms with E-state index in [1.165, 1.54) is 24.3 Å². The molecule has 21 heavy (non-hydrogen) atoms. The van der Waals surface area contributed by atoms with E-state index in [0.29, 0.717) is 30.5 Å². The highest BCUT2D eigenvalue weighted by atomic mass is 35.7. The zero-order valence-electron chi connectivity index (χ0n) is 12.8. The van der Waals surface area contributed by atoms with Gasteiger partial charge in [-0.2, -0.15) is 0 Å². The Kier molecular flexibility index (Phi) is 6.23. The van der Waals surface area contributed by atoms with Gasteiger partial charge < -0.3 is 4.90 Å². The minimum atomic E-state index is -3.76. The number of rotatable bonds is 6. The Morgan fingerprint density at radius 2 is 1.48 bits per heavy atom. The van der Waals surface area contributed by atoms with Crippen LogP contribution in [-0.4, -0.2) is 32.3 Å². The van der Waals surface area contributed by atoms with E-state index < -0.39 is 9.05 Å². The summed E-state index contributed by atoms with van der Waals surface area (Å²) in [6.45, 7) is 9.58. The Bertz CT molecular complexity index is 569. The Morgan fingerprint density at radius 1 is 1.05 bits per heavy atom. The van der Waals surface area contributed by atoms with Crippen LogP contribution in [0, 0.1) is 11.8 Å². The van der Waals surface area contributed by atoms with Gasteiger partial charge in [-0.1, -0.05) is 27.7 Å². The normalized spacial score (nSPS) is 12.0. The number of hydrogen-bond donors (Lipinski definition) is 0. The van der Waals surface area contributed by atoms with Crippen molar-refractivity contribution in [3.05, 3.63) is 29.8 Å². The van der Waals surface area contributed by atoms with Gasteiger partial charge in [0.1, 0.15) is 0 Å². The molecule has 0 aromatic heterocycles. The second kappa shape index (κ2) is 7.27. The summed E-state index contributed by atoms with van der Waals surface area (Å²) >= 11 is 0. The number of hydrogen-bond acceptors (Lipinski definition) is 3. The zero-order valence-corrected chi connectivity index (χ0v) is 14.4. The molecule has 0 saturated heterocycles. The molecule has 0 aliphatic heterocycles. The van der Waals surface area contributed by atoms with E-state index in [1.807, 2.05) is 0 Å². The summed E-state index contributed by atoms with van der Waals surface area (Å²) in [6, 6.07) is 5.73. The molecule has 0 bridgehead atoms. The Morgan fingerprint density at radius 3 is 1.81 bits per heavy atom. The predicted molar refractivity (Wildman–Crippen MR) is 85.1 cm³/mol. The van der Waals surface area contributed by atoms with E-state index in [2.05, 4.69) is 27.7 Å². The molecule has 1 rings (SSSR count). The van der Waals surface area contributed by atoms with Gasteiger partial charge in [0.15, 0.2) is 0 Å². The number of amides is 1. The highest BCUT2D eigenvalue weighted by Crippen LogP contribution is 2.17. The standard InChI is InChI=1S/C15H22ClNO3S/c1-11(2)9-17(10-12(3)4)15(18)13-5-7-14(8-6-13)21(16,19)20/h5-8,11-12H,9-10H2,1-4H3. The summed E-state index contributed by atoms with van der Waals surface area (Å²) in [6.07, 6.45) is 0. The van der Waals surface area contributed by atoms with E-state index >= 15 is 0 Å². The number of benzene rings is 1. The van der Waals surface area contributed by atoms with Gasteiger partial charge >= 0.3 is 0 Å². The second-order valence-electron chi connectivity index (χ2n) is 5.96. The minimum Gasteiger partial charge on any atom is -0.338 e. The molecule has 0 spiro atoms. The molecule has 0 saturated carbocycles. The molecule has 0 unspecified atom stereocenters. The monoisotopic (exact) mass is 331 g/mol. The molecule has 0 aliphatic carbocycles. The summed E-state index contributed by atoms with van der Waals surface area (Å²) in [5, 5.41) is 0. The molecular weight excluding hydrogens is 310 g/mol. The van der Waals surface area contributed by atoms with Crippen molar-refractivity contribution < 1.29 is 13.2 Å². The van der Waals surface area contributed by atoms with E-state index in [4.69, 9.17) is 10.7 Å². The molecule has 0 radical (unpaired) electrons. The largest absolute Gasteiger partial charge is 0.338 e. The fourth-order valence-corrected chi connectivity index (χ4v) is 2.83. The fraction of sp³-hybridized carbons (Fsp3) is 0.533. The van der Waals surface area contributed by atoms with Crippen LogP contribution in [0.1, 0.15) is 38.1 Å². The van der Waals surface area contributed by atoms with E-state index in [9.17, 15) is 13.2 Å². The van der Waals surface area contributed by atoms with Gasteiger partial charge in [-0.05, 0) is 36.1 Å². The van der Waals surface area contributed by atoms with Crippen LogP contribution in [0.25, 0.3) is 0 Å². The van der Waals surface area contributed by atoms with Gasteiger partial charge in [0.2, 0.25) is 0 Å². The number of nitrogens with zero attached hydrogens (tertiary/aromatic N) is 1. The lowest BCUT2D eigenvalue weighted by Crippen LogP contribution is -2.37. The molecule has 0 aliphatic rings. The van der Waals surface area contributed by atoms with Gasteiger partial charge in [0.05, 0.1) is 4.90 Å². The highest BCUT2D eigenvalue weighted by Gasteiger charge is 2.19. The zero-order chi connectivity index (χ0) is 16.2. The summed E-state index contributed by atoms with van der Waals surface area (Å²) < 4.78 is 22.4. The number of carbonyl (C=O) groups is 1. The lowest BCUT2D eigenvalue weighted by molar-refractivity contribution is 0.0715. The first-order valence-corrected chi connectivity index (χ1v) is 9.26. The van der Waals surface area contributed by atoms with Crippen LogP contribution in [0.5, 0.6) is 0 Å². The Hall–Kier alpha value is -1.07. The van der Waals surface area contributed by atoms with Gasteiger partial charge in [-0.25, -0.2) is 8.42 Å². The summed E-state index contributed by atoms with van der Waals surface area (Å²) in [7, 11) is 1.51. The van der Waals surface area contributed by atoms with Crippen molar-refractivity contribution >= 4 is 25.6 Å². The summed E-state index contributed by atoms with van der Waals surface area (Å²) in [5.74, 6) is 0.654. The molecular formula is C15H22ClNO3S. The van der Waals surface area contributed by atoms with Gasteiger partial charge in [0, 0.05) is 29.3 Å². The third kappa shape index (κ3) is 5.67. The summed E-state index contributed by atoms with van der Waals surface area (Å²) in [4.78, 5) is 14.3. The Balaban J connectivity index is 2.98. The van der Waals surface area contributed by atoms with Gasteiger partial charge in [0.25, 0.3) is 15.0 Å². The van der Waals surface area contributed by atoms with Gasteiger partial charge in [-0.15, -0.1) is 0 Å². The highest BCUT2D eigenvalue weighted by molar-refractivity contribution is 8.13. The van der Waals surface area contributed by atoms with Crippen molar-refractivity contribution in [2.45, 2.75) is 32.6 Å². The van der Waals surface area contributed by atoms with Crippen LogP contribution in [0.15, 0.2) is 29.2 Å². The third-order valence-electron chi connectivity index (χ3n) is 2.84. The first-order valence-electron chi connectivity index (χ1n) is 6.95. The lowest BCUT2D eigenvalue weighted by atomic mass is 10.1. The molecule has 1 amide bonds. The SMILES string of the molecule is CC(C)CN(CC(C)C)C(=O)c1ccc(S(=O)(=O)Cl)cc1. The molecule has 1 aromatic rings. The van der Waals surface area contributed by atoms with Crippen molar-refractivity contribution in [1.82, 2.24) is 4.90 Å². The first-order chi connectivity index (χ1) is 9.61. The third-order valence-corrected chi connectivity index (χ3v) is 4.21. The molecule has 6 heteroatoms. The lowest BCUT2D eigenvalue weighted by Gasteiger charge is -2.26. The van der Waals surface area contributed by atoms with E-state index in [0.717, 1.165) is 0 Å². The maximum atomic E-state index is 12.5. The second-order valence-corrected chi connectivity index (χ2v) is 8.53. The van der Waals surface area contributed by atoms with Crippen molar-refractivity contribution in [1.29, 1.82) is 0 Å². The van der Waals surface area contributed by atoms with Crippen LogP contribution in [0.4, 0.5) is 0 Å². The maximum Gasteiger partial charge on any atom is 0.261 e. The van der Waals surface area contributed by atoms with Crippen LogP contribution in [-0.2, 0) is 9.05 Å². The molecule has 0 fully saturated rings. The van der Waals surface area contributed by atoms with E-state index in [1.54, 1.807) is 4.90 Å². The van der Waals surface area contributed by atoms with Crippen LogP contribution >= 0.6 is 10.7 Å². The molecule has 4 nitrogen and oxygen atoms in total.